The first-order chi connectivity index (χ1) is 5.77. The molecule has 1 aliphatic heterocycles. The molecule has 0 aromatic carbocycles. The Labute approximate surface area is 72.0 Å². The minimum atomic E-state index is 0.831. The summed E-state index contributed by atoms with van der Waals surface area (Å²) in [7, 11) is 1.99. The molecule has 12 heavy (non-hydrogen) atoms. The lowest BCUT2D eigenvalue weighted by atomic mass is 10.2. The van der Waals surface area contributed by atoms with Gasteiger partial charge in [-0.1, -0.05) is 0 Å². The summed E-state index contributed by atoms with van der Waals surface area (Å²) in [4.78, 5) is 4.45. The first kappa shape index (κ1) is 7.53. The van der Waals surface area contributed by atoms with Gasteiger partial charge in [0.2, 0.25) is 5.75 Å². The highest BCUT2D eigenvalue weighted by atomic mass is 16.5. The Balaban J connectivity index is 2.49. The molecule has 0 N–H and O–H groups in total. The summed E-state index contributed by atoms with van der Waals surface area (Å²) >= 11 is 0. The van der Waals surface area contributed by atoms with Gasteiger partial charge >= 0.3 is 0 Å². The van der Waals surface area contributed by atoms with Gasteiger partial charge < -0.3 is 4.74 Å². The van der Waals surface area contributed by atoms with Crippen LogP contribution in [0.1, 0.15) is 17.9 Å². The molecule has 0 atom stereocenters. The van der Waals surface area contributed by atoms with Crippen LogP contribution in [0.15, 0.2) is 6.20 Å². The topological polar surface area (TPSA) is 26.0 Å². The van der Waals surface area contributed by atoms with E-state index in [0.717, 1.165) is 36.7 Å². The maximum absolute atomic E-state index is 5.48. The highest BCUT2D eigenvalue weighted by Crippen LogP contribution is 2.19. The van der Waals surface area contributed by atoms with E-state index >= 15 is 0 Å². The molecule has 0 bridgehead atoms. The maximum Gasteiger partial charge on any atom is 0.295 e. The van der Waals surface area contributed by atoms with Gasteiger partial charge in [-0.3, -0.25) is 0 Å². The summed E-state index contributed by atoms with van der Waals surface area (Å²) < 4.78 is 7.47. The van der Waals surface area contributed by atoms with Crippen molar-refractivity contribution in [1.82, 2.24) is 4.98 Å². The third-order valence-electron chi connectivity index (χ3n) is 2.22. The van der Waals surface area contributed by atoms with Crippen LogP contribution in [0.5, 0.6) is 5.75 Å². The lowest BCUT2D eigenvalue weighted by Gasteiger charge is -2.12. The fraction of sp³-hybridized carbons (Fsp3) is 0.556. The molecule has 1 aromatic rings. The summed E-state index contributed by atoms with van der Waals surface area (Å²) in [6.45, 7) is 2.84. The minimum absolute atomic E-state index is 0.831. The summed E-state index contributed by atoms with van der Waals surface area (Å²) in [5.74, 6) is 1.99. The zero-order chi connectivity index (χ0) is 8.55. The van der Waals surface area contributed by atoms with Crippen LogP contribution in [0.25, 0.3) is 0 Å². The number of hydrogen-bond acceptors (Lipinski definition) is 2. The molecular weight excluding hydrogens is 152 g/mol. The van der Waals surface area contributed by atoms with Gasteiger partial charge in [0.05, 0.1) is 13.7 Å². The Hall–Kier alpha value is -1.12. The number of hydrogen-bond donors (Lipinski definition) is 0. The second-order valence-corrected chi connectivity index (χ2v) is 3.16. The lowest BCUT2D eigenvalue weighted by molar-refractivity contribution is -0.681. The van der Waals surface area contributed by atoms with E-state index in [1.807, 2.05) is 24.7 Å². The lowest BCUT2D eigenvalue weighted by Crippen LogP contribution is -2.34. The average molecular weight is 165 g/mol. The van der Waals surface area contributed by atoms with Crippen LogP contribution in [0.2, 0.25) is 0 Å². The van der Waals surface area contributed by atoms with Crippen molar-refractivity contribution in [2.45, 2.75) is 19.8 Å². The first-order valence-electron chi connectivity index (χ1n) is 4.26. The number of rotatable bonds is 0. The van der Waals surface area contributed by atoms with E-state index in [0.29, 0.717) is 0 Å². The molecule has 1 aromatic heterocycles. The van der Waals surface area contributed by atoms with Crippen molar-refractivity contribution in [1.29, 1.82) is 0 Å². The predicted molar refractivity (Wildman–Crippen MR) is 44.0 cm³/mol. The summed E-state index contributed by atoms with van der Waals surface area (Å²) in [5, 5.41) is 0. The van der Waals surface area contributed by atoms with Crippen molar-refractivity contribution in [3.8, 4) is 5.75 Å². The van der Waals surface area contributed by atoms with E-state index in [2.05, 4.69) is 4.98 Å². The van der Waals surface area contributed by atoms with Crippen LogP contribution in [0.4, 0.5) is 0 Å². The molecule has 0 radical (unpaired) electrons. The zero-order valence-electron chi connectivity index (χ0n) is 7.50. The number of ether oxygens (including phenoxy) is 1. The second-order valence-electron chi connectivity index (χ2n) is 3.16. The second kappa shape index (κ2) is 2.73. The van der Waals surface area contributed by atoms with E-state index in [4.69, 9.17) is 4.74 Å². The Morgan fingerprint density at radius 3 is 3.25 bits per heavy atom. The van der Waals surface area contributed by atoms with Crippen molar-refractivity contribution in [3.63, 3.8) is 0 Å². The van der Waals surface area contributed by atoms with E-state index in [1.54, 1.807) is 0 Å². The molecule has 0 saturated heterocycles. The molecule has 3 nitrogen and oxygen atoms in total. The normalized spacial score (nSPS) is 15.2. The number of fused-ring (bicyclic) bond motifs is 1. The molecule has 2 heterocycles. The molecule has 0 amide bonds. The molecular formula is C9H13N2O+. The first-order valence-corrected chi connectivity index (χ1v) is 4.26. The van der Waals surface area contributed by atoms with Gasteiger partial charge in [0, 0.05) is 13.3 Å². The quantitative estimate of drug-likeness (QED) is 0.524. The van der Waals surface area contributed by atoms with Gasteiger partial charge in [-0.25, -0.2) is 4.57 Å². The molecule has 2 rings (SSSR count). The van der Waals surface area contributed by atoms with Gasteiger partial charge in [0.25, 0.3) is 5.82 Å². The van der Waals surface area contributed by atoms with Gasteiger partial charge in [0.15, 0.2) is 5.69 Å². The molecule has 0 spiro atoms. The number of aromatic nitrogens is 2. The third-order valence-corrected chi connectivity index (χ3v) is 2.22. The molecule has 0 aliphatic carbocycles. The van der Waals surface area contributed by atoms with Crippen LogP contribution in [0.3, 0.4) is 0 Å². The van der Waals surface area contributed by atoms with E-state index in [-0.39, 0.29) is 0 Å². The number of aryl methyl sites for hydroxylation is 3. The van der Waals surface area contributed by atoms with Crippen LogP contribution in [-0.4, -0.2) is 11.6 Å². The van der Waals surface area contributed by atoms with Gasteiger partial charge in [-0.15, -0.1) is 0 Å². The van der Waals surface area contributed by atoms with Crippen LogP contribution in [-0.2, 0) is 13.5 Å². The fourth-order valence-corrected chi connectivity index (χ4v) is 1.39. The van der Waals surface area contributed by atoms with Crippen molar-refractivity contribution in [2.75, 3.05) is 6.61 Å². The monoisotopic (exact) mass is 165 g/mol. The summed E-state index contributed by atoms with van der Waals surface area (Å²) in [6, 6.07) is 0. The molecule has 64 valence electrons. The summed E-state index contributed by atoms with van der Waals surface area (Å²) in [6.07, 6.45) is 4.15. The molecule has 0 saturated carbocycles. The van der Waals surface area contributed by atoms with Crippen LogP contribution in [0, 0.1) is 6.92 Å². The SMILES string of the molecule is Cc1nc2c(c[n+]1C)OCCC2. The van der Waals surface area contributed by atoms with Crippen molar-refractivity contribution >= 4 is 0 Å². The highest BCUT2D eigenvalue weighted by molar-refractivity contribution is 5.24. The van der Waals surface area contributed by atoms with Crippen molar-refractivity contribution in [3.05, 3.63) is 17.7 Å². The van der Waals surface area contributed by atoms with Gasteiger partial charge in [-0.05, 0) is 11.4 Å². The van der Waals surface area contributed by atoms with Crippen LogP contribution >= 0.6 is 0 Å². The molecule has 3 heteroatoms. The van der Waals surface area contributed by atoms with E-state index in [1.165, 1.54) is 0 Å². The van der Waals surface area contributed by atoms with Crippen LogP contribution < -0.4 is 9.30 Å². The third kappa shape index (κ3) is 1.15. The number of nitrogens with zero attached hydrogens (tertiary/aromatic N) is 2. The zero-order valence-corrected chi connectivity index (χ0v) is 7.50. The van der Waals surface area contributed by atoms with Crippen molar-refractivity contribution < 1.29 is 9.30 Å². The average Bonchev–Trinajstić information content (AvgIpc) is 2.07. The van der Waals surface area contributed by atoms with E-state index < -0.39 is 0 Å². The van der Waals surface area contributed by atoms with E-state index in [9.17, 15) is 0 Å². The Morgan fingerprint density at radius 2 is 2.42 bits per heavy atom. The molecule has 0 fully saturated rings. The molecule has 0 unspecified atom stereocenters. The Kier molecular flexibility index (Phi) is 1.71. The summed E-state index contributed by atoms with van der Waals surface area (Å²) in [5.41, 5.74) is 1.11. The fourth-order valence-electron chi connectivity index (χ4n) is 1.39. The van der Waals surface area contributed by atoms with Gasteiger partial charge in [0.1, 0.15) is 6.20 Å². The van der Waals surface area contributed by atoms with Gasteiger partial charge in [-0.2, -0.15) is 0 Å². The predicted octanol–water partition coefficient (Wildman–Crippen LogP) is 0.540. The maximum atomic E-state index is 5.48. The standard InChI is InChI=1S/C9H13N2O/c1-7-10-8-4-3-5-12-9(8)6-11(7)2/h6H,3-5H2,1-2H3/q+1. The Morgan fingerprint density at radius 1 is 1.58 bits per heavy atom. The minimum Gasteiger partial charge on any atom is -0.486 e. The largest absolute Gasteiger partial charge is 0.486 e. The van der Waals surface area contributed by atoms with Crippen molar-refractivity contribution in [2.24, 2.45) is 7.05 Å². The molecule has 1 aliphatic rings. The smallest absolute Gasteiger partial charge is 0.295 e. The highest BCUT2D eigenvalue weighted by Gasteiger charge is 2.19. The Bertz CT molecular complexity index is 279.